The molecule has 0 aliphatic heterocycles. The number of ether oxygens (including phenoxy) is 1. The third kappa shape index (κ3) is 4.89. The molecule has 0 saturated carbocycles. The van der Waals surface area contributed by atoms with E-state index in [0.29, 0.717) is 31.0 Å². The number of imidazole rings is 1. The first-order valence-electron chi connectivity index (χ1n) is 10.3. The van der Waals surface area contributed by atoms with Crippen LogP contribution in [0.4, 0.5) is 0 Å². The predicted octanol–water partition coefficient (Wildman–Crippen LogP) is 5.30. The highest BCUT2D eigenvalue weighted by molar-refractivity contribution is 6.30. The van der Waals surface area contributed by atoms with Crippen molar-refractivity contribution in [1.29, 1.82) is 0 Å². The van der Waals surface area contributed by atoms with Crippen LogP contribution >= 0.6 is 11.6 Å². The molecule has 2 aromatic heterocycles. The third-order valence-corrected chi connectivity index (χ3v) is 5.34. The molecule has 0 radical (unpaired) electrons. The third-order valence-electron chi connectivity index (χ3n) is 5.08. The van der Waals surface area contributed by atoms with Crippen LogP contribution < -0.4 is 10.1 Å². The van der Waals surface area contributed by atoms with Gasteiger partial charge in [0.1, 0.15) is 11.4 Å². The minimum atomic E-state index is -0.0146. The van der Waals surface area contributed by atoms with Crippen molar-refractivity contribution >= 4 is 23.2 Å². The first kappa shape index (κ1) is 20.9. The molecule has 0 unspecified atom stereocenters. The van der Waals surface area contributed by atoms with Gasteiger partial charge in [0.25, 0.3) is 0 Å². The lowest BCUT2D eigenvalue weighted by atomic mass is 10.1. The van der Waals surface area contributed by atoms with Crippen molar-refractivity contribution in [2.45, 2.75) is 26.3 Å². The van der Waals surface area contributed by atoms with E-state index in [9.17, 15) is 4.79 Å². The number of rotatable bonds is 8. The standard InChI is InChI=1S/C25H24ClN3O2/c1-2-31-22-8-4-3-7-19(22)17-27-24(30)15-14-21-25(18-10-12-20(26)13-11-18)28-23-9-5-6-16-29(21)23/h3-13,16H,2,14-15,17H2,1H3,(H,27,30). The van der Waals surface area contributed by atoms with Crippen LogP contribution in [0.3, 0.4) is 0 Å². The van der Waals surface area contributed by atoms with Crippen molar-refractivity contribution in [3.05, 3.63) is 89.2 Å². The van der Waals surface area contributed by atoms with Crippen LogP contribution in [0.1, 0.15) is 24.6 Å². The Morgan fingerprint density at radius 2 is 1.84 bits per heavy atom. The first-order chi connectivity index (χ1) is 15.2. The van der Waals surface area contributed by atoms with Crippen LogP contribution in [-0.2, 0) is 17.8 Å². The highest BCUT2D eigenvalue weighted by atomic mass is 35.5. The van der Waals surface area contributed by atoms with Gasteiger partial charge in [0.2, 0.25) is 5.91 Å². The van der Waals surface area contributed by atoms with E-state index < -0.39 is 0 Å². The highest BCUT2D eigenvalue weighted by Gasteiger charge is 2.15. The number of halogens is 1. The van der Waals surface area contributed by atoms with E-state index in [1.807, 2.05) is 84.3 Å². The molecule has 0 atom stereocenters. The summed E-state index contributed by atoms with van der Waals surface area (Å²) in [6.07, 6.45) is 2.91. The Labute approximate surface area is 186 Å². The Hall–Kier alpha value is -3.31. The fraction of sp³-hybridized carbons (Fsp3) is 0.200. The summed E-state index contributed by atoms with van der Waals surface area (Å²) in [5.74, 6) is 0.788. The number of fused-ring (bicyclic) bond motifs is 1. The highest BCUT2D eigenvalue weighted by Crippen LogP contribution is 2.27. The molecule has 5 nitrogen and oxygen atoms in total. The van der Waals surface area contributed by atoms with E-state index in [4.69, 9.17) is 21.3 Å². The second-order valence-electron chi connectivity index (χ2n) is 7.16. The van der Waals surface area contributed by atoms with Gasteiger partial charge >= 0.3 is 0 Å². The number of para-hydroxylation sites is 1. The van der Waals surface area contributed by atoms with Crippen molar-refractivity contribution in [1.82, 2.24) is 14.7 Å². The summed E-state index contributed by atoms with van der Waals surface area (Å²) in [6.45, 7) is 2.97. The smallest absolute Gasteiger partial charge is 0.220 e. The number of hydrogen-bond acceptors (Lipinski definition) is 3. The summed E-state index contributed by atoms with van der Waals surface area (Å²) in [7, 11) is 0. The molecule has 6 heteroatoms. The van der Waals surface area contributed by atoms with Crippen molar-refractivity contribution in [2.24, 2.45) is 0 Å². The molecule has 31 heavy (non-hydrogen) atoms. The van der Waals surface area contributed by atoms with E-state index in [1.54, 1.807) is 0 Å². The largest absolute Gasteiger partial charge is 0.494 e. The second-order valence-corrected chi connectivity index (χ2v) is 7.60. The fourth-order valence-corrected chi connectivity index (χ4v) is 3.71. The SMILES string of the molecule is CCOc1ccccc1CNC(=O)CCc1c(-c2ccc(Cl)cc2)nc2ccccn12. The van der Waals surface area contributed by atoms with E-state index in [1.165, 1.54) is 0 Å². The number of aromatic nitrogens is 2. The molecule has 2 aromatic carbocycles. The molecule has 0 spiro atoms. The Morgan fingerprint density at radius 1 is 1.06 bits per heavy atom. The topological polar surface area (TPSA) is 55.6 Å². The minimum absolute atomic E-state index is 0.0146. The lowest BCUT2D eigenvalue weighted by Crippen LogP contribution is -2.23. The van der Waals surface area contributed by atoms with Gasteiger partial charge in [0.05, 0.1) is 18.0 Å². The van der Waals surface area contributed by atoms with Crippen LogP contribution in [0, 0.1) is 0 Å². The van der Waals surface area contributed by atoms with E-state index in [2.05, 4.69) is 5.32 Å². The average molecular weight is 434 g/mol. The lowest BCUT2D eigenvalue weighted by Gasteiger charge is -2.11. The number of nitrogens with zero attached hydrogens (tertiary/aromatic N) is 2. The fourth-order valence-electron chi connectivity index (χ4n) is 3.58. The maximum absolute atomic E-state index is 12.6. The lowest BCUT2D eigenvalue weighted by molar-refractivity contribution is -0.121. The molecule has 4 rings (SSSR count). The normalized spacial score (nSPS) is 10.9. The summed E-state index contributed by atoms with van der Waals surface area (Å²) in [4.78, 5) is 17.4. The van der Waals surface area contributed by atoms with Crippen LogP contribution in [0.15, 0.2) is 72.9 Å². The summed E-state index contributed by atoms with van der Waals surface area (Å²) in [6, 6.07) is 21.3. The number of nitrogens with one attached hydrogen (secondary N) is 1. The van der Waals surface area contributed by atoms with Crippen molar-refractivity contribution in [3.8, 4) is 17.0 Å². The van der Waals surface area contributed by atoms with Gasteiger partial charge in [-0.05, 0) is 43.7 Å². The van der Waals surface area contributed by atoms with Gasteiger partial charge in [0, 0.05) is 35.3 Å². The van der Waals surface area contributed by atoms with E-state index in [0.717, 1.165) is 33.9 Å². The monoisotopic (exact) mass is 433 g/mol. The summed E-state index contributed by atoms with van der Waals surface area (Å²) in [5.41, 5.74) is 4.68. The number of pyridine rings is 1. The van der Waals surface area contributed by atoms with Gasteiger partial charge in [-0.1, -0.05) is 48.0 Å². The van der Waals surface area contributed by atoms with Gasteiger partial charge in [-0.25, -0.2) is 4.98 Å². The Morgan fingerprint density at radius 3 is 2.65 bits per heavy atom. The molecule has 0 fully saturated rings. The Balaban J connectivity index is 1.49. The zero-order valence-corrected chi connectivity index (χ0v) is 18.1. The van der Waals surface area contributed by atoms with Gasteiger partial charge < -0.3 is 14.5 Å². The van der Waals surface area contributed by atoms with Crippen molar-refractivity contribution in [3.63, 3.8) is 0 Å². The maximum Gasteiger partial charge on any atom is 0.220 e. The quantitative estimate of drug-likeness (QED) is 0.410. The summed E-state index contributed by atoms with van der Waals surface area (Å²) < 4.78 is 7.68. The summed E-state index contributed by atoms with van der Waals surface area (Å²) in [5, 5.41) is 3.69. The molecule has 0 aliphatic carbocycles. The van der Waals surface area contributed by atoms with E-state index >= 15 is 0 Å². The molecule has 0 bridgehead atoms. The van der Waals surface area contributed by atoms with Crippen LogP contribution in [0.5, 0.6) is 5.75 Å². The number of aryl methyl sites for hydroxylation is 1. The molecular weight excluding hydrogens is 410 g/mol. The van der Waals surface area contributed by atoms with Crippen molar-refractivity contribution in [2.75, 3.05) is 6.61 Å². The van der Waals surface area contributed by atoms with Crippen LogP contribution in [0.25, 0.3) is 16.9 Å². The Bertz CT molecular complexity index is 1190. The van der Waals surface area contributed by atoms with Crippen molar-refractivity contribution < 1.29 is 9.53 Å². The maximum atomic E-state index is 12.6. The molecule has 1 amide bonds. The molecular formula is C25H24ClN3O2. The number of carbonyl (C=O) groups excluding carboxylic acids is 1. The van der Waals surface area contributed by atoms with Crippen LogP contribution in [-0.4, -0.2) is 21.9 Å². The number of hydrogen-bond donors (Lipinski definition) is 1. The van der Waals surface area contributed by atoms with Gasteiger partial charge in [-0.2, -0.15) is 0 Å². The number of carbonyl (C=O) groups is 1. The minimum Gasteiger partial charge on any atom is -0.494 e. The average Bonchev–Trinajstić information content (AvgIpc) is 3.16. The zero-order valence-electron chi connectivity index (χ0n) is 17.3. The predicted molar refractivity (Wildman–Crippen MR) is 123 cm³/mol. The molecule has 2 heterocycles. The number of amides is 1. The Kier molecular flexibility index (Phi) is 6.53. The van der Waals surface area contributed by atoms with Crippen LogP contribution in [0.2, 0.25) is 5.02 Å². The number of benzene rings is 2. The molecule has 0 aliphatic rings. The van der Waals surface area contributed by atoms with Gasteiger partial charge in [0.15, 0.2) is 0 Å². The molecule has 4 aromatic rings. The summed E-state index contributed by atoms with van der Waals surface area (Å²) >= 11 is 6.05. The molecule has 0 saturated heterocycles. The van der Waals surface area contributed by atoms with E-state index in [-0.39, 0.29) is 5.91 Å². The first-order valence-corrected chi connectivity index (χ1v) is 10.7. The van der Waals surface area contributed by atoms with Gasteiger partial charge in [-0.3, -0.25) is 4.79 Å². The molecule has 1 N–H and O–H groups in total. The van der Waals surface area contributed by atoms with Gasteiger partial charge in [-0.15, -0.1) is 0 Å². The zero-order chi connectivity index (χ0) is 21.6. The molecule has 158 valence electrons. The second kappa shape index (κ2) is 9.67.